The molecule has 6 aromatic rings. The molecule has 0 bridgehead atoms. The van der Waals surface area contributed by atoms with Crippen LogP contribution in [-0.4, -0.2) is 39.3 Å². The highest BCUT2D eigenvalue weighted by Crippen LogP contribution is 2.31. The van der Waals surface area contributed by atoms with Crippen LogP contribution in [0.1, 0.15) is 31.2 Å². The molecule has 0 unspecified atom stereocenters. The number of aromatic amines is 1. The second-order valence-corrected chi connectivity index (χ2v) is 10.4. The van der Waals surface area contributed by atoms with Gasteiger partial charge < -0.3 is 4.57 Å². The number of para-hydroxylation sites is 1. The fourth-order valence-corrected chi connectivity index (χ4v) is 5.43. The quantitative estimate of drug-likeness (QED) is 0.307. The second-order valence-electron chi connectivity index (χ2n) is 10.4. The number of rotatable bonds is 8. The number of nitrogens with zero attached hydrogens (tertiary/aromatic N) is 7. The van der Waals surface area contributed by atoms with Gasteiger partial charge in [0.05, 0.1) is 5.69 Å². The maximum absolute atomic E-state index is 13.9. The number of hydrogen-bond donors (Lipinski definition) is 1. The molecule has 41 heavy (non-hydrogen) atoms. The zero-order valence-electron chi connectivity index (χ0n) is 22.6. The minimum absolute atomic E-state index is 0.275. The van der Waals surface area contributed by atoms with Crippen LogP contribution < -0.4 is 11.2 Å². The summed E-state index contributed by atoms with van der Waals surface area (Å²) >= 11 is 0. The first-order chi connectivity index (χ1) is 20.1. The van der Waals surface area contributed by atoms with Crippen LogP contribution in [0.15, 0.2) is 88.5 Å². The van der Waals surface area contributed by atoms with Gasteiger partial charge in [-0.25, -0.2) is 19.4 Å². The van der Waals surface area contributed by atoms with E-state index in [2.05, 4.69) is 44.9 Å². The van der Waals surface area contributed by atoms with Gasteiger partial charge in [0.2, 0.25) is 0 Å². The Kier molecular flexibility index (Phi) is 6.15. The summed E-state index contributed by atoms with van der Waals surface area (Å²) in [5, 5.41) is 14.4. The molecule has 0 spiro atoms. The molecule has 3 heterocycles. The number of nitrogens with one attached hydrogen (secondary N) is 1. The molecule has 3 aromatic heterocycles. The Bertz CT molecular complexity index is 1970. The molecule has 10 nitrogen and oxygen atoms in total. The second kappa shape index (κ2) is 10.1. The van der Waals surface area contributed by atoms with E-state index in [0.29, 0.717) is 48.1 Å². The van der Waals surface area contributed by atoms with Crippen LogP contribution in [-0.2, 0) is 19.5 Å². The molecule has 7 rings (SSSR count). The van der Waals surface area contributed by atoms with Gasteiger partial charge in [0, 0.05) is 25.1 Å². The third-order valence-electron chi connectivity index (χ3n) is 7.71. The van der Waals surface area contributed by atoms with Crippen molar-refractivity contribution in [3.05, 3.63) is 111 Å². The van der Waals surface area contributed by atoms with E-state index in [9.17, 15) is 9.59 Å². The van der Waals surface area contributed by atoms with E-state index in [-0.39, 0.29) is 11.2 Å². The standard InChI is InChI=1S/C31H28N8O2/c1-2-26-32-29-27(30(40)38(19-20-12-13-20)31(41)39(29)23-8-4-3-5-9-23)37(26)18-21-14-16-22(17-15-21)24-10-6-7-11-25(24)28-33-35-36-34-28/h3-11,14-17,20H,2,12-13,18-19H2,1H3,(H,33,34,35,36). The Morgan fingerprint density at radius 2 is 1.61 bits per heavy atom. The lowest BCUT2D eigenvalue weighted by atomic mass is 9.98. The summed E-state index contributed by atoms with van der Waals surface area (Å²) in [6.07, 6.45) is 2.70. The number of imidazole rings is 1. The lowest BCUT2D eigenvalue weighted by Gasteiger charge is -2.13. The summed E-state index contributed by atoms with van der Waals surface area (Å²) in [7, 11) is 0. The molecule has 10 heteroatoms. The Hall–Kier alpha value is -5.12. The predicted molar refractivity (Wildman–Crippen MR) is 156 cm³/mol. The smallest absolute Gasteiger partial charge is 0.318 e. The normalized spacial score (nSPS) is 13.2. The topological polar surface area (TPSA) is 116 Å². The monoisotopic (exact) mass is 544 g/mol. The van der Waals surface area contributed by atoms with Crippen LogP contribution in [0.4, 0.5) is 0 Å². The molecule has 1 fully saturated rings. The molecular weight excluding hydrogens is 516 g/mol. The zero-order valence-corrected chi connectivity index (χ0v) is 22.6. The summed E-state index contributed by atoms with van der Waals surface area (Å²) in [6, 6.07) is 25.7. The summed E-state index contributed by atoms with van der Waals surface area (Å²) in [5.74, 6) is 1.74. The van der Waals surface area contributed by atoms with Crippen LogP contribution in [0.25, 0.3) is 39.4 Å². The highest BCUT2D eigenvalue weighted by atomic mass is 16.2. The van der Waals surface area contributed by atoms with Crippen molar-refractivity contribution >= 4 is 11.2 Å². The van der Waals surface area contributed by atoms with Gasteiger partial charge in [0.15, 0.2) is 17.0 Å². The van der Waals surface area contributed by atoms with Crippen molar-refractivity contribution in [2.24, 2.45) is 5.92 Å². The largest absolute Gasteiger partial charge is 0.337 e. The lowest BCUT2D eigenvalue weighted by Crippen LogP contribution is -2.40. The van der Waals surface area contributed by atoms with Crippen molar-refractivity contribution in [2.45, 2.75) is 39.3 Å². The van der Waals surface area contributed by atoms with E-state index >= 15 is 0 Å². The van der Waals surface area contributed by atoms with Crippen LogP contribution >= 0.6 is 0 Å². The van der Waals surface area contributed by atoms with Crippen molar-refractivity contribution < 1.29 is 0 Å². The molecule has 1 aliphatic rings. The van der Waals surface area contributed by atoms with Crippen molar-refractivity contribution in [3.63, 3.8) is 0 Å². The van der Waals surface area contributed by atoms with Gasteiger partial charge in [-0.05, 0) is 58.0 Å². The Labute approximate surface area is 234 Å². The molecule has 1 aliphatic carbocycles. The van der Waals surface area contributed by atoms with E-state index < -0.39 is 0 Å². The molecular formula is C31H28N8O2. The summed E-state index contributed by atoms with van der Waals surface area (Å²) in [5.41, 5.74) is 4.91. The maximum atomic E-state index is 13.9. The lowest BCUT2D eigenvalue weighted by molar-refractivity contribution is 0.567. The van der Waals surface area contributed by atoms with Gasteiger partial charge in [-0.2, -0.15) is 0 Å². The summed E-state index contributed by atoms with van der Waals surface area (Å²) < 4.78 is 4.97. The first-order valence-corrected chi connectivity index (χ1v) is 13.8. The van der Waals surface area contributed by atoms with Gasteiger partial charge in [-0.3, -0.25) is 9.36 Å². The van der Waals surface area contributed by atoms with Gasteiger partial charge in [-0.1, -0.05) is 73.7 Å². The molecule has 0 amide bonds. The molecule has 0 saturated heterocycles. The van der Waals surface area contributed by atoms with Gasteiger partial charge in [0.1, 0.15) is 5.82 Å². The number of H-pyrrole nitrogens is 1. The highest BCUT2D eigenvalue weighted by molar-refractivity contribution is 5.80. The number of hydrogen-bond acceptors (Lipinski definition) is 6. The summed E-state index contributed by atoms with van der Waals surface area (Å²) in [4.78, 5) is 32.4. The number of aryl methyl sites for hydroxylation is 1. The molecule has 0 atom stereocenters. The van der Waals surface area contributed by atoms with Crippen molar-refractivity contribution in [1.29, 1.82) is 0 Å². The Morgan fingerprint density at radius 1 is 0.878 bits per heavy atom. The van der Waals surface area contributed by atoms with Crippen molar-refractivity contribution in [1.82, 2.24) is 39.3 Å². The SMILES string of the molecule is CCc1nc2c(c(=O)n(CC3CC3)c(=O)n2-c2ccccc2)n1Cc1ccc(-c2ccccc2-c2nnn[nH]2)cc1. The van der Waals surface area contributed by atoms with E-state index in [1.54, 1.807) is 4.57 Å². The Balaban J connectivity index is 1.33. The third kappa shape index (κ3) is 4.47. The predicted octanol–water partition coefficient (Wildman–Crippen LogP) is 4.22. The fourth-order valence-electron chi connectivity index (χ4n) is 5.43. The van der Waals surface area contributed by atoms with E-state index in [4.69, 9.17) is 4.98 Å². The van der Waals surface area contributed by atoms with Crippen LogP contribution in [0.5, 0.6) is 0 Å². The van der Waals surface area contributed by atoms with E-state index in [1.165, 1.54) is 4.57 Å². The molecule has 204 valence electrons. The van der Waals surface area contributed by atoms with E-state index in [0.717, 1.165) is 40.9 Å². The van der Waals surface area contributed by atoms with Crippen molar-refractivity contribution in [2.75, 3.05) is 0 Å². The first-order valence-electron chi connectivity index (χ1n) is 13.8. The fraction of sp³-hybridized carbons (Fsp3) is 0.226. The molecule has 0 aliphatic heterocycles. The van der Waals surface area contributed by atoms with Crippen molar-refractivity contribution in [3.8, 4) is 28.2 Å². The first kappa shape index (κ1) is 24.9. The molecule has 1 saturated carbocycles. The number of aromatic nitrogens is 8. The molecule has 0 radical (unpaired) electrons. The van der Waals surface area contributed by atoms with Gasteiger partial charge in [-0.15, -0.1) is 5.10 Å². The van der Waals surface area contributed by atoms with Gasteiger partial charge in [0.25, 0.3) is 5.56 Å². The minimum atomic E-state index is -0.335. The molecule has 1 N–H and O–H groups in total. The number of benzene rings is 3. The number of tetrazole rings is 1. The van der Waals surface area contributed by atoms with Crippen LogP contribution in [0.3, 0.4) is 0 Å². The highest BCUT2D eigenvalue weighted by Gasteiger charge is 2.27. The third-order valence-corrected chi connectivity index (χ3v) is 7.71. The zero-order chi connectivity index (χ0) is 27.9. The minimum Gasteiger partial charge on any atom is -0.318 e. The number of fused-ring (bicyclic) bond motifs is 1. The maximum Gasteiger partial charge on any atom is 0.337 e. The van der Waals surface area contributed by atoms with E-state index in [1.807, 2.05) is 66.1 Å². The molecule has 3 aromatic carbocycles. The average Bonchev–Trinajstić information content (AvgIpc) is 3.52. The summed E-state index contributed by atoms with van der Waals surface area (Å²) in [6.45, 7) is 2.91. The average molecular weight is 545 g/mol. The Morgan fingerprint density at radius 3 is 2.29 bits per heavy atom. The van der Waals surface area contributed by atoms with Crippen LogP contribution in [0, 0.1) is 5.92 Å². The van der Waals surface area contributed by atoms with Gasteiger partial charge >= 0.3 is 5.69 Å². The van der Waals surface area contributed by atoms with Crippen LogP contribution in [0.2, 0.25) is 0 Å².